The molecule has 66 valence electrons. The van der Waals surface area contributed by atoms with Crippen LogP contribution in [0.4, 0.5) is 5.69 Å². The Labute approximate surface area is 75.5 Å². The van der Waals surface area contributed by atoms with Gasteiger partial charge in [0.05, 0.1) is 18.2 Å². The number of carbonyl (C=O) groups excluding carboxylic acids is 1. The van der Waals surface area contributed by atoms with Gasteiger partial charge in [-0.3, -0.25) is 0 Å². The summed E-state index contributed by atoms with van der Waals surface area (Å²) < 4.78 is 4.49. The fourth-order valence-corrected chi connectivity index (χ4v) is 0.938. The number of ether oxygens (including phenoxy) is 1. The molecule has 0 bridgehead atoms. The van der Waals surface area contributed by atoms with Gasteiger partial charge in [0.15, 0.2) is 0 Å². The Balaban J connectivity index is 3.25. The van der Waals surface area contributed by atoms with Gasteiger partial charge in [-0.05, 0) is 18.2 Å². The van der Waals surface area contributed by atoms with Crippen molar-refractivity contribution in [3.8, 4) is 6.07 Å². The smallest absolute Gasteiger partial charge is 0.339 e. The zero-order chi connectivity index (χ0) is 9.84. The van der Waals surface area contributed by atoms with Crippen molar-refractivity contribution in [2.45, 2.75) is 0 Å². The summed E-state index contributed by atoms with van der Waals surface area (Å²) in [5.74, 6) is -0.552. The van der Waals surface area contributed by atoms with Crippen LogP contribution in [0.5, 0.6) is 0 Å². The molecule has 0 saturated carbocycles. The number of anilines is 1. The summed E-state index contributed by atoms with van der Waals surface area (Å²) in [6.07, 6.45) is 0. The molecule has 0 aliphatic carbocycles. The molecule has 1 rings (SSSR count). The van der Waals surface area contributed by atoms with E-state index in [-0.39, 0.29) is 11.1 Å². The van der Waals surface area contributed by atoms with Crippen molar-refractivity contribution in [2.75, 3.05) is 12.8 Å². The number of nitrogens with two attached hydrogens (primary N) is 1. The van der Waals surface area contributed by atoms with E-state index in [1.165, 1.54) is 19.2 Å². The number of rotatable bonds is 1. The van der Waals surface area contributed by atoms with Gasteiger partial charge in [-0.15, -0.1) is 0 Å². The number of nitriles is 1. The number of hydrogen-bond donors (Lipinski definition) is 1. The van der Waals surface area contributed by atoms with Gasteiger partial charge in [0.1, 0.15) is 6.07 Å². The lowest BCUT2D eigenvalue weighted by molar-refractivity contribution is 0.0600. The Morgan fingerprint density at radius 3 is 2.85 bits per heavy atom. The molecule has 4 heteroatoms. The van der Waals surface area contributed by atoms with Crippen LogP contribution in [-0.4, -0.2) is 13.1 Å². The maximum absolute atomic E-state index is 11.1. The summed E-state index contributed by atoms with van der Waals surface area (Å²) in [4.78, 5) is 11.1. The van der Waals surface area contributed by atoms with E-state index in [0.29, 0.717) is 5.69 Å². The molecule has 2 N–H and O–H groups in total. The summed E-state index contributed by atoms with van der Waals surface area (Å²) >= 11 is 0. The maximum atomic E-state index is 11.1. The van der Waals surface area contributed by atoms with Crippen LogP contribution in [0.2, 0.25) is 0 Å². The summed E-state index contributed by atoms with van der Waals surface area (Å²) in [5.41, 5.74) is 6.35. The van der Waals surface area contributed by atoms with E-state index in [2.05, 4.69) is 4.74 Å². The van der Waals surface area contributed by atoms with Crippen LogP contribution >= 0.6 is 0 Å². The molecule has 0 radical (unpaired) electrons. The molecule has 1 aromatic carbocycles. The summed E-state index contributed by atoms with van der Waals surface area (Å²) in [5, 5.41) is 8.66. The predicted octanol–water partition coefficient (Wildman–Crippen LogP) is 0.927. The average Bonchev–Trinajstić information content (AvgIpc) is 2.16. The first kappa shape index (κ1) is 9.07. The van der Waals surface area contributed by atoms with Gasteiger partial charge in [0.25, 0.3) is 0 Å². The van der Waals surface area contributed by atoms with Crippen LogP contribution in [-0.2, 0) is 4.74 Å². The molecule has 0 atom stereocenters. The monoisotopic (exact) mass is 176 g/mol. The quantitative estimate of drug-likeness (QED) is 0.510. The second kappa shape index (κ2) is 3.59. The molecular formula is C9H8N2O2. The lowest BCUT2D eigenvalue weighted by atomic mass is 10.1. The highest BCUT2D eigenvalue weighted by molar-refractivity contribution is 5.93. The number of nitrogens with zero attached hydrogens (tertiary/aromatic N) is 1. The predicted molar refractivity (Wildman–Crippen MR) is 46.9 cm³/mol. The zero-order valence-electron chi connectivity index (χ0n) is 7.07. The van der Waals surface area contributed by atoms with Crippen LogP contribution in [0.15, 0.2) is 18.2 Å². The van der Waals surface area contributed by atoms with Crippen molar-refractivity contribution >= 4 is 11.7 Å². The zero-order valence-corrected chi connectivity index (χ0v) is 7.07. The first-order valence-corrected chi connectivity index (χ1v) is 3.57. The summed E-state index contributed by atoms with van der Waals surface area (Å²) in [6, 6.07) is 6.35. The van der Waals surface area contributed by atoms with Crippen LogP contribution < -0.4 is 5.73 Å². The van der Waals surface area contributed by atoms with E-state index in [1.54, 1.807) is 6.07 Å². The highest BCUT2D eigenvalue weighted by Gasteiger charge is 2.11. The Hall–Kier alpha value is -2.02. The minimum absolute atomic E-state index is 0.199. The Bertz CT molecular complexity index is 380. The van der Waals surface area contributed by atoms with Crippen LogP contribution in [0, 0.1) is 11.3 Å². The molecule has 13 heavy (non-hydrogen) atoms. The number of hydrogen-bond acceptors (Lipinski definition) is 4. The second-order valence-electron chi connectivity index (χ2n) is 2.41. The molecule has 0 fully saturated rings. The van der Waals surface area contributed by atoms with Crippen LogP contribution in [0.1, 0.15) is 15.9 Å². The molecule has 0 heterocycles. The minimum Gasteiger partial charge on any atom is -0.465 e. The molecule has 4 nitrogen and oxygen atoms in total. The highest BCUT2D eigenvalue weighted by Crippen LogP contribution is 2.13. The fraction of sp³-hybridized carbons (Fsp3) is 0.111. The van der Waals surface area contributed by atoms with Crippen molar-refractivity contribution in [1.82, 2.24) is 0 Å². The van der Waals surface area contributed by atoms with Gasteiger partial charge < -0.3 is 10.5 Å². The number of nitrogen functional groups attached to an aromatic ring is 1. The third-order valence-corrected chi connectivity index (χ3v) is 1.57. The molecule has 1 aromatic rings. The average molecular weight is 176 g/mol. The number of benzene rings is 1. The van der Waals surface area contributed by atoms with E-state index in [9.17, 15) is 4.79 Å². The summed E-state index contributed by atoms with van der Waals surface area (Å²) in [6.45, 7) is 0. The topological polar surface area (TPSA) is 76.1 Å². The Morgan fingerprint density at radius 1 is 1.62 bits per heavy atom. The lowest BCUT2D eigenvalue weighted by Crippen LogP contribution is -2.04. The largest absolute Gasteiger partial charge is 0.465 e. The van der Waals surface area contributed by atoms with Crippen molar-refractivity contribution < 1.29 is 9.53 Å². The first-order valence-electron chi connectivity index (χ1n) is 3.57. The van der Waals surface area contributed by atoms with E-state index in [0.717, 1.165) is 0 Å². The number of carbonyl (C=O) groups is 1. The maximum Gasteiger partial charge on any atom is 0.339 e. The van der Waals surface area contributed by atoms with Crippen LogP contribution in [0.25, 0.3) is 0 Å². The van der Waals surface area contributed by atoms with Crippen molar-refractivity contribution in [3.05, 3.63) is 29.3 Å². The van der Waals surface area contributed by atoms with Gasteiger partial charge in [0, 0.05) is 5.69 Å². The van der Waals surface area contributed by atoms with E-state index in [4.69, 9.17) is 11.0 Å². The van der Waals surface area contributed by atoms with Crippen molar-refractivity contribution in [3.63, 3.8) is 0 Å². The molecular weight excluding hydrogens is 168 g/mol. The lowest BCUT2D eigenvalue weighted by Gasteiger charge is -2.01. The van der Waals surface area contributed by atoms with E-state index in [1.807, 2.05) is 6.07 Å². The third kappa shape index (κ3) is 1.76. The first-order chi connectivity index (χ1) is 6.19. The summed E-state index contributed by atoms with van der Waals surface area (Å²) in [7, 11) is 1.26. The number of esters is 1. The standard InChI is InChI=1S/C9H8N2O2/c1-13-9(12)8-4-7(11)3-2-6(8)5-10/h2-4H,11H2,1H3. The molecule has 0 spiro atoms. The molecule has 0 saturated heterocycles. The van der Waals surface area contributed by atoms with Crippen molar-refractivity contribution in [2.24, 2.45) is 0 Å². The van der Waals surface area contributed by atoms with Gasteiger partial charge in [-0.2, -0.15) is 5.26 Å². The molecule has 0 aromatic heterocycles. The second-order valence-corrected chi connectivity index (χ2v) is 2.41. The van der Waals surface area contributed by atoms with Gasteiger partial charge in [-0.25, -0.2) is 4.79 Å². The molecule has 0 unspecified atom stereocenters. The highest BCUT2D eigenvalue weighted by atomic mass is 16.5. The van der Waals surface area contributed by atoms with Gasteiger partial charge in [-0.1, -0.05) is 0 Å². The minimum atomic E-state index is -0.552. The van der Waals surface area contributed by atoms with E-state index < -0.39 is 5.97 Å². The fourth-order valence-electron chi connectivity index (χ4n) is 0.938. The molecule has 0 aliphatic heterocycles. The van der Waals surface area contributed by atoms with Gasteiger partial charge in [0.2, 0.25) is 0 Å². The Morgan fingerprint density at radius 2 is 2.31 bits per heavy atom. The van der Waals surface area contributed by atoms with Crippen LogP contribution in [0.3, 0.4) is 0 Å². The van der Waals surface area contributed by atoms with E-state index >= 15 is 0 Å². The number of methoxy groups -OCH3 is 1. The Kier molecular flexibility index (Phi) is 2.50. The van der Waals surface area contributed by atoms with Crippen molar-refractivity contribution in [1.29, 1.82) is 5.26 Å². The third-order valence-electron chi connectivity index (χ3n) is 1.57. The SMILES string of the molecule is COC(=O)c1cc(N)ccc1C#N. The molecule has 0 aliphatic rings. The normalized spacial score (nSPS) is 8.92. The molecule has 0 amide bonds. The van der Waals surface area contributed by atoms with Gasteiger partial charge >= 0.3 is 5.97 Å².